The molecule has 1 aromatic rings. The standard InChI is InChI=1S/C32H53NO5/c1-6-7-8-9-10-11-12-13-14-28-23-36-32(38-28)24-30(2,3)33(31(4,5)25-32)37-20-19-26-15-17-27(18-16-26)34-21-29-22-35-29/h15-18,28-29H,6-14,19-25H2,1-5H3. The molecule has 1 spiro atoms. The summed E-state index contributed by atoms with van der Waals surface area (Å²) in [4.78, 5) is 6.47. The predicted molar refractivity (Wildman–Crippen MR) is 151 cm³/mol. The van der Waals surface area contributed by atoms with Crippen LogP contribution in [0.2, 0.25) is 0 Å². The maximum atomic E-state index is 6.67. The summed E-state index contributed by atoms with van der Waals surface area (Å²) in [6.45, 7) is 14.1. The molecular weight excluding hydrogens is 478 g/mol. The zero-order valence-electron chi connectivity index (χ0n) is 24.8. The van der Waals surface area contributed by atoms with Crippen molar-refractivity contribution in [2.75, 3.05) is 26.4 Å². The van der Waals surface area contributed by atoms with Crippen LogP contribution in [-0.2, 0) is 25.5 Å². The van der Waals surface area contributed by atoms with Gasteiger partial charge < -0.3 is 18.9 Å². The van der Waals surface area contributed by atoms with Crippen LogP contribution in [0.1, 0.15) is 111 Å². The first-order chi connectivity index (χ1) is 18.2. The Bertz CT molecular complexity index is 817. The Balaban J connectivity index is 1.19. The number of hydroxylamine groups is 2. The van der Waals surface area contributed by atoms with Gasteiger partial charge in [0.05, 0.1) is 25.9 Å². The zero-order valence-corrected chi connectivity index (χ0v) is 24.8. The van der Waals surface area contributed by atoms with Gasteiger partial charge in [-0.05, 0) is 58.2 Å². The summed E-state index contributed by atoms with van der Waals surface area (Å²) in [5.74, 6) is 0.394. The predicted octanol–water partition coefficient (Wildman–Crippen LogP) is 7.23. The van der Waals surface area contributed by atoms with Crippen LogP contribution >= 0.6 is 0 Å². The van der Waals surface area contributed by atoms with Gasteiger partial charge in [-0.25, -0.2) is 0 Å². The molecule has 0 aromatic heterocycles. The molecule has 0 amide bonds. The summed E-state index contributed by atoms with van der Waals surface area (Å²) in [6.07, 6.45) is 14.8. The van der Waals surface area contributed by atoms with E-state index in [4.69, 9.17) is 23.8 Å². The summed E-state index contributed by atoms with van der Waals surface area (Å²) in [5.41, 5.74) is 0.852. The fourth-order valence-electron chi connectivity index (χ4n) is 6.50. The van der Waals surface area contributed by atoms with Gasteiger partial charge in [-0.3, -0.25) is 4.84 Å². The highest BCUT2D eigenvalue weighted by atomic mass is 16.7. The fraction of sp³-hybridized carbons (Fsp3) is 0.812. The summed E-state index contributed by atoms with van der Waals surface area (Å²) in [5, 5.41) is 2.21. The van der Waals surface area contributed by atoms with Crippen LogP contribution < -0.4 is 4.74 Å². The first-order valence-corrected chi connectivity index (χ1v) is 15.3. The van der Waals surface area contributed by atoms with E-state index in [2.05, 4.69) is 51.8 Å². The smallest absolute Gasteiger partial charge is 0.172 e. The third-order valence-electron chi connectivity index (χ3n) is 8.17. The van der Waals surface area contributed by atoms with Crippen LogP contribution in [0.4, 0.5) is 0 Å². The lowest BCUT2D eigenvalue weighted by molar-refractivity contribution is -0.337. The van der Waals surface area contributed by atoms with Crippen LogP contribution in [0, 0.1) is 0 Å². The van der Waals surface area contributed by atoms with Gasteiger partial charge >= 0.3 is 0 Å². The second-order valence-electron chi connectivity index (χ2n) is 13.0. The van der Waals surface area contributed by atoms with Gasteiger partial charge in [-0.1, -0.05) is 70.4 Å². The average molecular weight is 532 g/mol. The van der Waals surface area contributed by atoms with E-state index in [1.807, 2.05) is 12.1 Å². The van der Waals surface area contributed by atoms with Crippen molar-refractivity contribution in [2.24, 2.45) is 0 Å². The lowest BCUT2D eigenvalue weighted by Crippen LogP contribution is -2.65. The van der Waals surface area contributed by atoms with Crippen LogP contribution in [-0.4, -0.2) is 60.6 Å². The molecule has 6 heteroatoms. The molecule has 2 atom stereocenters. The first kappa shape index (κ1) is 29.8. The molecule has 6 nitrogen and oxygen atoms in total. The van der Waals surface area contributed by atoms with E-state index >= 15 is 0 Å². The highest BCUT2D eigenvalue weighted by Crippen LogP contribution is 2.48. The number of rotatable bonds is 16. The van der Waals surface area contributed by atoms with Gasteiger partial charge in [0.25, 0.3) is 0 Å². The molecule has 0 radical (unpaired) electrons. The molecule has 3 saturated heterocycles. The number of unbranched alkanes of at least 4 members (excludes halogenated alkanes) is 7. The lowest BCUT2D eigenvalue weighted by Gasteiger charge is -2.56. The number of piperidine rings is 1. The Kier molecular flexibility index (Phi) is 10.5. The SMILES string of the molecule is CCCCCCCCCCC1COC2(CC(C)(C)N(OCCc3ccc(OCC4CO4)cc3)C(C)(C)C2)O1. The van der Waals surface area contributed by atoms with Gasteiger partial charge in [-0.15, -0.1) is 0 Å². The maximum absolute atomic E-state index is 6.67. The van der Waals surface area contributed by atoms with Crippen LogP contribution in [0.15, 0.2) is 24.3 Å². The molecule has 3 fully saturated rings. The van der Waals surface area contributed by atoms with E-state index in [1.165, 1.54) is 56.9 Å². The quantitative estimate of drug-likeness (QED) is 0.166. The van der Waals surface area contributed by atoms with E-state index in [-0.39, 0.29) is 23.3 Å². The van der Waals surface area contributed by atoms with Crippen molar-refractivity contribution in [1.29, 1.82) is 0 Å². The molecule has 0 aliphatic carbocycles. The van der Waals surface area contributed by atoms with Crippen molar-refractivity contribution in [3.05, 3.63) is 29.8 Å². The molecule has 38 heavy (non-hydrogen) atoms. The van der Waals surface area contributed by atoms with Gasteiger partial charge in [0.2, 0.25) is 0 Å². The summed E-state index contributed by atoms with van der Waals surface area (Å²) in [7, 11) is 0. The highest BCUT2D eigenvalue weighted by molar-refractivity contribution is 5.27. The molecular formula is C32H53NO5. The number of nitrogens with zero attached hydrogens (tertiary/aromatic N) is 1. The first-order valence-electron chi connectivity index (χ1n) is 15.3. The molecule has 2 unspecified atom stereocenters. The number of ether oxygens (including phenoxy) is 4. The van der Waals surface area contributed by atoms with Crippen LogP contribution in [0.3, 0.4) is 0 Å². The minimum Gasteiger partial charge on any atom is -0.491 e. The third-order valence-corrected chi connectivity index (χ3v) is 8.17. The minimum absolute atomic E-state index is 0.197. The molecule has 1 aromatic carbocycles. The van der Waals surface area contributed by atoms with Gasteiger partial charge in [0.15, 0.2) is 5.79 Å². The Hall–Kier alpha value is -1.18. The molecule has 0 N–H and O–H groups in total. The second-order valence-corrected chi connectivity index (χ2v) is 13.0. The van der Waals surface area contributed by atoms with Crippen molar-refractivity contribution < 1.29 is 23.8 Å². The van der Waals surface area contributed by atoms with E-state index < -0.39 is 5.79 Å². The summed E-state index contributed by atoms with van der Waals surface area (Å²) in [6, 6.07) is 8.32. The molecule has 3 aliphatic rings. The Morgan fingerprint density at radius 1 is 0.842 bits per heavy atom. The number of epoxide rings is 1. The number of benzene rings is 1. The van der Waals surface area contributed by atoms with Gasteiger partial charge in [-0.2, -0.15) is 5.06 Å². The molecule has 3 aliphatic heterocycles. The van der Waals surface area contributed by atoms with Crippen molar-refractivity contribution in [3.63, 3.8) is 0 Å². The number of hydrogen-bond acceptors (Lipinski definition) is 6. The van der Waals surface area contributed by atoms with Gasteiger partial charge in [0.1, 0.15) is 18.5 Å². The monoisotopic (exact) mass is 531 g/mol. The lowest BCUT2D eigenvalue weighted by atomic mass is 9.78. The Morgan fingerprint density at radius 2 is 1.47 bits per heavy atom. The van der Waals surface area contributed by atoms with E-state index in [0.29, 0.717) is 13.2 Å². The van der Waals surface area contributed by atoms with Crippen molar-refractivity contribution in [2.45, 2.75) is 141 Å². The van der Waals surface area contributed by atoms with Crippen LogP contribution in [0.25, 0.3) is 0 Å². The minimum atomic E-state index is -0.501. The summed E-state index contributed by atoms with van der Waals surface area (Å²) >= 11 is 0. The average Bonchev–Trinajstić information content (AvgIpc) is 3.62. The van der Waals surface area contributed by atoms with Gasteiger partial charge in [0, 0.05) is 23.9 Å². The number of hydrogen-bond donors (Lipinski definition) is 0. The van der Waals surface area contributed by atoms with E-state index in [1.54, 1.807) is 0 Å². The molecule has 0 bridgehead atoms. The van der Waals surface area contributed by atoms with Crippen molar-refractivity contribution in [3.8, 4) is 5.75 Å². The van der Waals surface area contributed by atoms with E-state index in [0.717, 1.165) is 44.6 Å². The molecule has 216 valence electrons. The molecule has 3 heterocycles. The highest BCUT2D eigenvalue weighted by Gasteiger charge is 2.57. The molecule has 0 saturated carbocycles. The van der Waals surface area contributed by atoms with Crippen molar-refractivity contribution in [1.82, 2.24) is 5.06 Å². The normalized spacial score (nSPS) is 25.6. The van der Waals surface area contributed by atoms with Crippen LogP contribution in [0.5, 0.6) is 5.75 Å². The Labute approximate surface area is 231 Å². The second kappa shape index (κ2) is 13.5. The van der Waals surface area contributed by atoms with Crippen molar-refractivity contribution >= 4 is 0 Å². The zero-order chi connectivity index (χ0) is 27.1. The summed E-state index contributed by atoms with van der Waals surface area (Å²) < 4.78 is 24.1. The van der Waals surface area contributed by atoms with E-state index in [9.17, 15) is 0 Å². The molecule has 4 rings (SSSR count). The fourth-order valence-corrected chi connectivity index (χ4v) is 6.50. The Morgan fingerprint density at radius 3 is 2.11 bits per heavy atom. The maximum Gasteiger partial charge on any atom is 0.172 e. The third kappa shape index (κ3) is 8.66. The topological polar surface area (TPSA) is 52.7 Å². The largest absolute Gasteiger partial charge is 0.491 e.